The van der Waals surface area contributed by atoms with Crippen molar-refractivity contribution in [3.8, 4) is 0 Å². The molecule has 0 bridgehead atoms. The van der Waals surface area contributed by atoms with E-state index < -0.39 is 0 Å². The number of halogens is 1. The summed E-state index contributed by atoms with van der Waals surface area (Å²) >= 11 is 0. The standard InChI is InChI=1S/C12H20N2O.ClH/c1-8-6-10(8)14-11(15)9-7-12(9)2-4-13-5-3-12;/h8-10,13H,2-7H2,1H3,(H,14,15);1H. The quantitative estimate of drug-likeness (QED) is 0.770. The third-order valence-electron chi connectivity index (χ3n) is 4.54. The normalized spacial score (nSPS) is 38.7. The molecule has 3 aliphatic rings. The molecule has 3 nitrogen and oxygen atoms in total. The van der Waals surface area contributed by atoms with Crippen LogP contribution in [-0.2, 0) is 4.79 Å². The Bertz CT molecular complexity index is 289. The number of hydrogen-bond donors (Lipinski definition) is 2. The first-order valence-corrected chi connectivity index (χ1v) is 6.22. The van der Waals surface area contributed by atoms with Crippen molar-refractivity contribution >= 4 is 18.3 Å². The lowest BCUT2D eigenvalue weighted by atomic mass is 9.92. The molecular weight excluding hydrogens is 224 g/mol. The Morgan fingerprint density at radius 3 is 2.56 bits per heavy atom. The molecule has 0 aromatic carbocycles. The molecule has 1 spiro atoms. The van der Waals surface area contributed by atoms with E-state index in [-0.39, 0.29) is 12.4 Å². The molecule has 0 radical (unpaired) electrons. The molecular formula is C12H21ClN2O. The Hall–Kier alpha value is -0.280. The van der Waals surface area contributed by atoms with Crippen LogP contribution in [0.4, 0.5) is 0 Å². The molecule has 92 valence electrons. The largest absolute Gasteiger partial charge is 0.353 e. The zero-order valence-electron chi connectivity index (χ0n) is 9.79. The minimum Gasteiger partial charge on any atom is -0.353 e. The van der Waals surface area contributed by atoms with Crippen molar-refractivity contribution in [1.29, 1.82) is 0 Å². The highest BCUT2D eigenvalue weighted by Crippen LogP contribution is 2.58. The molecule has 4 heteroatoms. The van der Waals surface area contributed by atoms with Crippen molar-refractivity contribution in [2.45, 2.75) is 38.6 Å². The molecule has 1 heterocycles. The van der Waals surface area contributed by atoms with Gasteiger partial charge in [0, 0.05) is 12.0 Å². The van der Waals surface area contributed by atoms with E-state index in [0.717, 1.165) is 25.4 Å². The van der Waals surface area contributed by atoms with Gasteiger partial charge in [0.25, 0.3) is 0 Å². The second kappa shape index (κ2) is 4.19. The molecule has 0 aromatic rings. The van der Waals surface area contributed by atoms with Crippen LogP contribution in [0.5, 0.6) is 0 Å². The lowest BCUT2D eigenvalue weighted by molar-refractivity contribution is -0.123. The second-order valence-corrected chi connectivity index (χ2v) is 5.70. The van der Waals surface area contributed by atoms with Gasteiger partial charge in [0.1, 0.15) is 0 Å². The number of piperidine rings is 1. The predicted octanol–water partition coefficient (Wildman–Crippen LogP) is 1.32. The van der Waals surface area contributed by atoms with E-state index in [2.05, 4.69) is 17.6 Å². The zero-order chi connectivity index (χ0) is 10.5. The van der Waals surface area contributed by atoms with Gasteiger partial charge in [0.05, 0.1) is 0 Å². The van der Waals surface area contributed by atoms with Crippen LogP contribution in [0.1, 0.15) is 32.6 Å². The van der Waals surface area contributed by atoms with E-state index in [1.807, 2.05) is 0 Å². The van der Waals surface area contributed by atoms with Crippen molar-refractivity contribution < 1.29 is 4.79 Å². The first kappa shape index (κ1) is 12.2. The average molecular weight is 245 g/mol. The van der Waals surface area contributed by atoms with Crippen LogP contribution in [0, 0.1) is 17.3 Å². The van der Waals surface area contributed by atoms with Crippen LogP contribution >= 0.6 is 12.4 Å². The van der Waals surface area contributed by atoms with Gasteiger partial charge in [-0.05, 0) is 50.1 Å². The van der Waals surface area contributed by atoms with Gasteiger partial charge in [-0.1, -0.05) is 6.92 Å². The molecule has 1 saturated heterocycles. The number of carbonyl (C=O) groups is 1. The lowest BCUT2D eigenvalue weighted by Crippen LogP contribution is -2.34. The fourth-order valence-corrected chi connectivity index (χ4v) is 3.00. The van der Waals surface area contributed by atoms with Crippen molar-refractivity contribution in [1.82, 2.24) is 10.6 Å². The molecule has 2 aliphatic carbocycles. The number of nitrogens with one attached hydrogen (secondary N) is 2. The molecule has 1 amide bonds. The summed E-state index contributed by atoms with van der Waals surface area (Å²) in [6.45, 7) is 4.41. The summed E-state index contributed by atoms with van der Waals surface area (Å²) in [5.74, 6) is 1.40. The highest BCUT2D eigenvalue weighted by Gasteiger charge is 2.58. The van der Waals surface area contributed by atoms with Crippen LogP contribution in [0.2, 0.25) is 0 Å². The molecule has 2 N–H and O–H groups in total. The third-order valence-corrected chi connectivity index (χ3v) is 4.54. The maximum atomic E-state index is 11.9. The van der Waals surface area contributed by atoms with Gasteiger partial charge in [-0.25, -0.2) is 0 Å². The van der Waals surface area contributed by atoms with Crippen LogP contribution in [0.25, 0.3) is 0 Å². The molecule has 1 aliphatic heterocycles. The first-order valence-electron chi connectivity index (χ1n) is 6.22. The van der Waals surface area contributed by atoms with E-state index in [0.29, 0.717) is 23.3 Å². The fourth-order valence-electron chi connectivity index (χ4n) is 3.00. The molecule has 3 fully saturated rings. The van der Waals surface area contributed by atoms with Gasteiger partial charge in [-0.15, -0.1) is 12.4 Å². The second-order valence-electron chi connectivity index (χ2n) is 5.70. The molecule has 3 unspecified atom stereocenters. The van der Waals surface area contributed by atoms with E-state index in [4.69, 9.17) is 0 Å². The summed E-state index contributed by atoms with van der Waals surface area (Å²) in [4.78, 5) is 11.9. The van der Waals surface area contributed by atoms with Crippen LogP contribution < -0.4 is 10.6 Å². The number of carbonyl (C=O) groups excluding carboxylic acids is 1. The summed E-state index contributed by atoms with van der Waals surface area (Å²) in [7, 11) is 0. The minimum absolute atomic E-state index is 0. The Balaban J connectivity index is 0.000000963. The molecule has 3 rings (SSSR count). The van der Waals surface area contributed by atoms with Gasteiger partial charge in [0.15, 0.2) is 0 Å². The maximum absolute atomic E-state index is 11.9. The van der Waals surface area contributed by atoms with Gasteiger partial charge in [-0.2, -0.15) is 0 Å². The molecule has 3 atom stereocenters. The fraction of sp³-hybridized carbons (Fsp3) is 0.917. The smallest absolute Gasteiger partial charge is 0.223 e. The minimum atomic E-state index is 0. The molecule has 2 saturated carbocycles. The van der Waals surface area contributed by atoms with Crippen molar-refractivity contribution in [2.24, 2.45) is 17.3 Å². The van der Waals surface area contributed by atoms with Gasteiger partial charge in [0.2, 0.25) is 5.91 Å². The zero-order valence-corrected chi connectivity index (χ0v) is 10.6. The molecule has 0 aromatic heterocycles. The number of amides is 1. The van der Waals surface area contributed by atoms with Crippen LogP contribution in [0.15, 0.2) is 0 Å². The Kier molecular flexibility index (Phi) is 3.19. The summed E-state index contributed by atoms with van der Waals surface area (Å²) in [5.41, 5.74) is 0.396. The average Bonchev–Trinajstić information content (AvgIpc) is 3.09. The SMILES string of the molecule is CC1CC1NC(=O)C1CC12CCNCC2.Cl. The number of rotatable bonds is 2. The van der Waals surface area contributed by atoms with E-state index >= 15 is 0 Å². The van der Waals surface area contributed by atoms with E-state index in [1.165, 1.54) is 19.3 Å². The summed E-state index contributed by atoms with van der Waals surface area (Å²) < 4.78 is 0. The monoisotopic (exact) mass is 244 g/mol. The van der Waals surface area contributed by atoms with E-state index in [1.54, 1.807) is 0 Å². The predicted molar refractivity (Wildman–Crippen MR) is 65.6 cm³/mol. The summed E-state index contributed by atoms with van der Waals surface area (Å²) in [5, 5.41) is 6.55. The van der Waals surface area contributed by atoms with Gasteiger partial charge >= 0.3 is 0 Å². The highest BCUT2D eigenvalue weighted by atomic mass is 35.5. The summed E-state index contributed by atoms with van der Waals surface area (Å²) in [6.07, 6.45) is 4.73. The van der Waals surface area contributed by atoms with Gasteiger partial charge in [-0.3, -0.25) is 4.79 Å². The summed E-state index contributed by atoms with van der Waals surface area (Å²) in [6, 6.07) is 0.497. The van der Waals surface area contributed by atoms with Crippen LogP contribution in [0.3, 0.4) is 0 Å². The van der Waals surface area contributed by atoms with Gasteiger partial charge < -0.3 is 10.6 Å². The maximum Gasteiger partial charge on any atom is 0.223 e. The Morgan fingerprint density at radius 1 is 1.38 bits per heavy atom. The Morgan fingerprint density at radius 2 is 2.00 bits per heavy atom. The van der Waals surface area contributed by atoms with Crippen molar-refractivity contribution in [2.75, 3.05) is 13.1 Å². The highest BCUT2D eigenvalue weighted by molar-refractivity contribution is 5.85. The Labute approximate surface area is 103 Å². The number of hydrogen-bond acceptors (Lipinski definition) is 2. The first-order chi connectivity index (χ1) is 7.21. The van der Waals surface area contributed by atoms with E-state index in [9.17, 15) is 4.79 Å². The third kappa shape index (κ3) is 2.07. The van der Waals surface area contributed by atoms with Crippen molar-refractivity contribution in [3.05, 3.63) is 0 Å². The topological polar surface area (TPSA) is 41.1 Å². The lowest BCUT2D eigenvalue weighted by Gasteiger charge is -2.23. The van der Waals surface area contributed by atoms with Crippen molar-refractivity contribution in [3.63, 3.8) is 0 Å². The molecule has 16 heavy (non-hydrogen) atoms. The van der Waals surface area contributed by atoms with Crippen LogP contribution in [-0.4, -0.2) is 25.0 Å².